The summed E-state index contributed by atoms with van der Waals surface area (Å²) < 4.78 is -0.509. The monoisotopic (exact) mass is 215 g/mol. The molecule has 1 rings (SSSR count). The van der Waals surface area contributed by atoms with E-state index in [1.165, 1.54) is 12.8 Å². The summed E-state index contributed by atoms with van der Waals surface area (Å²) in [5.74, 6) is -0.121. The molecule has 4 heteroatoms. The summed E-state index contributed by atoms with van der Waals surface area (Å²) in [6.07, 6.45) is 5.37. The van der Waals surface area contributed by atoms with Crippen LogP contribution >= 0.6 is 11.8 Å². The van der Waals surface area contributed by atoms with Crippen LogP contribution in [0, 0.1) is 0 Å². The summed E-state index contributed by atoms with van der Waals surface area (Å²) in [6, 6.07) is 0. The van der Waals surface area contributed by atoms with Crippen LogP contribution in [0.15, 0.2) is 0 Å². The third kappa shape index (κ3) is 2.74. The Morgan fingerprint density at radius 2 is 2.00 bits per heavy atom. The van der Waals surface area contributed by atoms with Gasteiger partial charge in [-0.05, 0) is 25.1 Å². The Hall–Kier alpha value is -0.510. The minimum Gasteiger partial charge on any atom is -0.286 e. The van der Waals surface area contributed by atoms with Gasteiger partial charge in [0.1, 0.15) is 4.75 Å². The number of hydrogen-bond donors (Lipinski definition) is 1. The van der Waals surface area contributed by atoms with Gasteiger partial charge in [-0.2, -0.15) is 0 Å². The Bertz CT molecular complexity index is 242. The van der Waals surface area contributed by atoms with E-state index < -0.39 is 4.75 Å². The van der Waals surface area contributed by atoms with Crippen molar-refractivity contribution in [3.05, 3.63) is 0 Å². The van der Waals surface area contributed by atoms with E-state index in [0.717, 1.165) is 31.0 Å². The molecule has 1 aliphatic heterocycles. The van der Waals surface area contributed by atoms with Gasteiger partial charge in [0.25, 0.3) is 5.24 Å². The van der Waals surface area contributed by atoms with Gasteiger partial charge >= 0.3 is 0 Å². The van der Waals surface area contributed by atoms with Gasteiger partial charge in [0.2, 0.25) is 5.91 Å². The van der Waals surface area contributed by atoms with Gasteiger partial charge in [0.15, 0.2) is 0 Å². The van der Waals surface area contributed by atoms with Crippen molar-refractivity contribution >= 4 is 22.9 Å². The van der Waals surface area contributed by atoms with E-state index in [9.17, 15) is 9.59 Å². The summed E-state index contributed by atoms with van der Waals surface area (Å²) in [4.78, 5) is 22.4. The van der Waals surface area contributed by atoms with Crippen molar-refractivity contribution in [1.29, 1.82) is 0 Å². The Balaban J connectivity index is 2.35. The van der Waals surface area contributed by atoms with Crippen molar-refractivity contribution in [1.82, 2.24) is 5.32 Å². The molecule has 2 amide bonds. The molecule has 0 aliphatic carbocycles. The van der Waals surface area contributed by atoms with E-state index in [0.29, 0.717) is 0 Å². The molecule has 1 unspecified atom stereocenters. The van der Waals surface area contributed by atoms with Crippen LogP contribution in [0.4, 0.5) is 4.79 Å². The number of carbonyl (C=O) groups is 2. The largest absolute Gasteiger partial charge is 0.286 e. The first-order chi connectivity index (χ1) is 6.58. The van der Waals surface area contributed by atoms with E-state index in [1.54, 1.807) is 0 Å². The van der Waals surface area contributed by atoms with Crippen LogP contribution in [0.1, 0.15) is 46.0 Å². The highest BCUT2D eigenvalue weighted by atomic mass is 32.2. The van der Waals surface area contributed by atoms with Gasteiger partial charge in [-0.25, -0.2) is 0 Å². The highest BCUT2D eigenvalue weighted by Crippen LogP contribution is 2.35. The van der Waals surface area contributed by atoms with E-state index in [2.05, 4.69) is 12.2 Å². The molecule has 1 atom stereocenters. The first-order valence-corrected chi connectivity index (χ1v) is 5.94. The molecular formula is C10H17NO2S. The summed E-state index contributed by atoms with van der Waals surface area (Å²) >= 11 is 1.13. The van der Waals surface area contributed by atoms with Crippen molar-refractivity contribution < 1.29 is 9.59 Å². The molecule has 0 aromatic heterocycles. The quantitative estimate of drug-likeness (QED) is 0.717. The predicted octanol–water partition coefficient (Wildman–Crippen LogP) is 2.70. The van der Waals surface area contributed by atoms with E-state index in [-0.39, 0.29) is 11.1 Å². The maximum absolute atomic E-state index is 11.4. The number of thioether (sulfide) groups is 1. The van der Waals surface area contributed by atoms with Gasteiger partial charge < -0.3 is 0 Å². The Kier molecular flexibility index (Phi) is 3.98. The molecule has 80 valence electrons. The molecule has 0 bridgehead atoms. The molecule has 1 aliphatic rings. The smallest absolute Gasteiger partial charge is 0.286 e. The molecule has 1 saturated heterocycles. The van der Waals surface area contributed by atoms with Gasteiger partial charge in [-0.3, -0.25) is 14.9 Å². The van der Waals surface area contributed by atoms with Crippen LogP contribution in [0.3, 0.4) is 0 Å². The lowest BCUT2D eigenvalue weighted by Crippen LogP contribution is -2.33. The standard InChI is InChI=1S/C10H17NO2S/c1-3-4-5-6-7-10(2)8(12)11-9(13)14-10/h3-7H2,1-2H3,(H,11,12,13). The number of unbranched alkanes of at least 4 members (excludes halogenated alkanes) is 3. The second-order valence-electron chi connectivity index (χ2n) is 3.89. The molecule has 0 radical (unpaired) electrons. The van der Waals surface area contributed by atoms with Crippen molar-refractivity contribution in [3.8, 4) is 0 Å². The molecule has 1 fully saturated rings. The molecule has 0 aromatic rings. The molecule has 0 spiro atoms. The summed E-state index contributed by atoms with van der Waals surface area (Å²) in [6.45, 7) is 4.01. The first kappa shape index (κ1) is 11.6. The highest BCUT2D eigenvalue weighted by molar-refractivity contribution is 8.16. The van der Waals surface area contributed by atoms with Gasteiger partial charge in [-0.1, -0.05) is 32.6 Å². The molecule has 1 heterocycles. The number of nitrogens with one attached hydrogen (secondary N) is 1. The highest BCUT2D eigenvalue weighted by Gasteiger charge is 2.42. The van der Waals surface area contributed by atoms with Crippen LogP contribution in [-0.4, -0.2) is 15.9 Å². The van der Waals surface area contributed by atoms with Gasteiger partial charge in [0, 0.05) is 0 Å². The zero-order chi connectivity index (χ0) is 10.6. The maximum Gasteiger partial charge on any atom is 0.286 e. The van der Waals surface area contributed by atoms with Gasteiger partial charge in [0.05, 0.1) is 0 Å². The summed E-state index contributed by atoms with van der Waals surface area (Å²) in [5.41, 5.74) is 0. The van der Waals surface area contributed by atoms with Crippen LogP contribution < -0.4 is 5.32 Å². The fraction of sp³-hybridized carbons (Fsp3) is 0.800. The average molecular weight is 215 g/mol. The van der Waals surface area contributed by atoms with Crippen LogP contribution in [0.25, 0.3) is 0 Å². The molecule has 0 aromatic carbocycles. The number of carbonyl (C=O) groups excluding carboxylic acids is 2. The number of imide groups is 1. The zero-order valence-corrected chi connectivity index (χ0v) is 9.58. The van der Waals surface area contributed by atoms with Crippen molar-refractivity contribution in [2.75, 3.05) is 0 Å². The van der Waals surface area contributed by atoms with E-state index in [1.807, 2.05) is 6.92 Å². The van der Waals surface area contributed by atoms with Crippen molar-refractivity contribution in [3.63, 3.8) is 0 Å². The summed E-state index contributed by atoms with van der Waals surface area (Å²) in [7, 11) is 0. The molecule has 3 nitrogen and oxygen atoms in total. The lowest BCUT2D eigenvalue weighted by Gasteiger charge is -2.17. The second kappa shape index (κ2) is 4.82. The molecule has 14 heavy (non-hydrogen) atoms. The second-order valence-corrected chi connectivity index (χ2v) is 5.36. The normalized spacial score (nSPS) is 26.7. The topological polar surface area (TPSA) is 46.2 Å². The predicted molar refractivity (Wildman–Crippen MR) is 58.3 cm³/mol. The van der Waals surface area contributed by atoms with Crippen LogP contribution in [0.5, 0.6) is 0 Å². The minimum absolute atomic E-state index is 0.121. The molecule has 0 saturated carbocycles. The maximum atomic E-state index is 11.4. The number of rotatable bonds is 5. The Morgan fingerprint density at radius 3 is 2.50 bits per heavy atom. The molecular weight excluding hydrogens is 198 g/mol. The van der Waals surface area contributed by atoms with Crippen molar-refractivity contribution in [2.24, 2.45) is 0 Å². The number of amides is 2. The fourth-order valence-corrected chi connectivity index (χ4v) is 2.50. The number of hydrogen-bond acceptors (Lipinski definition) is 3. The van der Waals surface area contributed by atoms with E-state index in [4.69, 9.17) is 0 Å². The van der Waals surface area contributed by atoms with Crippen LogP contribution in [0.2, 0.25) is 0 Å². The Labute approximate surface area is 89.0 Å². The van der Waals surface area contributed by atoms with Gasteiger partial charge in [-0.15, -0.1) is 0 Å². The average Bonchev–Trinajstić information content (AvgIpc) is 2.36. The minimum atomic E-state index is -0.509. The first-order valence-electron chi connectivity index (χ1n) is 5.13. The van der Waals surface area contributed by atoms with E-state index >= 15 is 0 Å². The van der Waals surface area contributed by atoms with Crippen LogP contribution in [-0.2, 0) is 4.79 Å². The SMILES string of the molecule is CCCCCCC1(C)SC(=O)NC1=O. The molecule has 1 N–H and O–H groups in total. The lowest BCUT2D eigenvalue weighted by molar-refractivity contribution is -0.121. The lowest BCUT2D eigenvalue weighted by atomic mass is 10.0. The Morgan fingerprint density at radius 1 is 1.29 bits per heavy atom. The summed E-state index contributed by atoms with van der Waals surface area (Å²) in [5, 5.41) is 2.13. The third-order valence-electron chi connectivity index (χ3n) is 2.52. The third-order valence-corrected chi connectivity index (χ3v) is 3.65. The van der Waals surface area contributed by atoms with Crippen molar-refractivity contribution in [2.45, 2.75) is 50.7 Å². The zero-order valence-electron chi connectivity index (χ0n) is 8.76. The fourth-order valence-electron chi connectivity index (χ4n) is 1.56.